The molecule has 1 aliphatic rings. The number of morpholine rings is 1. The molecule has 1 aliphatic heterocycles. The van der Waals surface area contributed by atoms with E-state index in [1.165, 1.54) is 0 Å². The smallest absolute Gasteiger partial charge is 0.137 e. The van der Waals surface area contributed by atoms with E-state index in [0.29, 0.717) is 4.99 Å². The number of anilines is 1. The molecule has 2 atom stereocenters. The van der Waals surface area contributed by atoms with Crippen LogP contribution in [0, 0.1) is 6.92 Å². The summed E-state index contributed by atoms with van der Waals surface area (Å²) in [5.41, 5.74) is 7.59. The number of aryl methyl sites for hydroxylation is 2. The van der Waals surface area contributed by atoms with Gasteiger partial charge in [-0.3, -0.25) is 4.68 Å². The van der Waals surface area contributed by atoms with Gasteiger partial charge in [-0.05, 0) is 20.8 Å². The van der Waals surface area contributed by atoms with Gasteiger partial charge in [0.2, 0.25) is 0 Å². The molecule has 2 heterocycles. The molecule has 1 saturated heterocycles. The predicted octanol–water partition coefficient (Wildman–Crippen LogP) is 0.976. The maximum Gasteiger partial charge on any atom is 0.137 e. The van der Waals surface area contributed by atoms with Crippen LogP contribution in [0.5, 0.6) is 0 Å². The second kappa shape index (κ2) is 4.85. The fourth-order valence-electron chi connectivity index (χ4n) is 2.65. The van der Waals surface area contributed by atoms with E-state index in [9.17, 15) is 0 Å². The second-order valence-electron chi connectivity index (χ2n) is 4.93. The van der Waals surface area contributed by atoms with Crippen molar-refractivity contribution in [2.24, 2.45) is 12.8 Å². The Morgan fingerprint density at radius 1 is 1.39 bits per heavy atom. The number of ether oxygens (including phenoxy) is 1. The molecule has 2 rings (SSSR count). The Kier molecular flexibility index (Phi) is 3.59. The van der Waals surface area contributed by atoms with Crippen LogP contribution in [-0.4, -0.2) is 40.1 Å². The zero-order valence-corrected chi connectivity index (χ0v) is 12.1. The molecule has 1 fully saturated rings. The minimum absolute atomic E-state index is 0.197. The lowest BCUT2D eigenvalue weighted by molar-refractivity contribution is -0.00565. The maximum absolute atomic E-state index is 5.82. The lowest BCUT2D eigenvalue weighted by Crippen LogP contribution is -2.46. The standard InChI is InChI=1S/C12H20N4OS/c1-7-5-16(6-8(2)17-7)12-10(11(13)18)9(3)14-15(12)4/h7-8H,5-6H2,1-4H3,(H2,13,18)/t7-,8+. The van der Waals surface area contributed by atoms with Crippen molar-refractivity contribution < 1.29 is 4.74 Å². The van der Waals surface area contributed by atoms with Crippen LogP contribution >= 0.6 is 12.2 Å². The van der Waals surface area contributed by atoms with Crippen LogP contribution in [0.2, 0.25) is 0 Å². The first-order chi connectivity index (χ1) is 8.40. The number of aromatic nitrogens is 2. The minimum Gasteiger partial charge on any atom is -0.389 e. The Hall–Kier alpha value is -1.14. The molecule has 1 aromatic rings. The van der Waals surface area contributed by atoms with Crippen LogP contribution < -0.4 is 10.6 Å². The molecule has 0 aliphatic carbocycles. The molecular formula is C12H20N4OS. The lowest BCUT2D eigenvalue weighted by Gasteiger charge is -2.37. The molecule has 0 unspecified atom stereocenters. The van der Waals surface area contributed by atoms with Gasteiger partial charge in [0.1, 0.15) is 10.8 Å². The molecule has 0 saturated carbocycles. The molecule has 18 heavy (non-hydrogen) atoms. The summed E-state index contributed by atoms with van der Waals surface area (Å²) in [5.74, 6) is 1.00. The van der Waals surface area contributed by atoms with Gasteiger partial charge in [-0.15, -0.1) is 0 Å². The molecule has 0 radical (unpaired) electrons. The van der Waals surface area contributed by atoms with Gasteiger partial charge in [0, 0.05) is 20.1 Å². The molecule has 6 heteroatoms. The number of hydrogen-bond acceptors (Lipinski definition) is 4. The van der Waals surface area contributed by atoms with Crippen LogP contribution in [0.4, 0.5) is 5.82 Å². The molecule has 0 bridgehead atoms. The van der Waals surface area contributed by atoms with Gasteiger partial charge in [-0.25, -0.2) is 0 Å². The lowest BCUT2D eigenvalue weighted by atomic mass is 10.2. The first-order valence-electron chi connectivity index (χ1n) is 6.14. The summed E-state index contributed by atoms with van der Waals surface area (Å²) in [6, 6.07) is 0. The van der Waals surface area contributed by atoms with Crippen LogP contribution in [0.3, 0.4) is 0 Å². The Balaban J connectivity index is 2.41. The highest BCUT2D eigenvalue weighted by molar-refractivity contribution is 7.80. The third-order valence-corrected chi connectivity index (χ3v) is 3.36. The zero-order chi connectivity index (χ0) is 13.4. The molecule has 0 aromatic carbocycles. The van der Waals surface area contributed by atoms with E-state index in [1.54, 1.807) is 0 Å². The summed E-state index contributed by atoms with van der Waals surface area (Å²) < 4.78 is 7.61. The van der Waals surface area contributed by atoms with E-state index in [4.69, 9.17) is 22.7 Å². The summed E-state index contributed by atoms with van der Waals surface area (Å²) in [6.45, 7) is 7.75. The van der Waals surface area contributed by atoms with Crippen molar-refractivity contribution in [1.82, 2.24) is 9.78 Å². The molecule has 5 nitrogen and oxygen atoms in total. The maximum atomic E-state index is 5.82. The summed E-state index contributed by atoms with van der Waals surface area (Å²) in [6.07, 6.45) is 0.395. The van der Waals surface area contributed by atoms with Crippen molar-refractivity contribution >= 4 is 23.0 Å². The van der Waals surface area contributed by atoms with Gasteiger partial charge in [0.05, 0.1) is 23.5 Å². The fourth-order valence-corrected chi connectivity index (χ4v) is 2.89. The van der Waals surface area contributed by atoms with Gasteiger partial charge in [-0.2, -0.15) is 5.10 Å². The summed E-state index contributed by atoms with van der Waals surface area (Å²) >= 11 is 5.15. The molecule has 100 valence electrons. The fraction of sp³-hybridized carbons (Fsp3) is 0.667. The molecule has 0 amide bonds. The van der Waals surface area contributed by atoms with E-state index < -0.39 is 0 Å². The van der Waals surface area contributed by atoms with Gasteiger partial charge in [-0.1, -0.05) is 12.2 Å². The Labute approximate surface area is 113 Å². The first kappa shape index (κ1) is 13.3. The number of thiocarbonyl (C=S) groups is 1. The highest BCUT2D eigenvalue weighted by Crippen LogP contribution is 2.26. The summed E-state index contributed by atoms with van der Waals surface area (Å²) in [5, 5.41) is 4.42. The van der Waals surface area contributed by atoms with Crippen LogP contribution in [-0.2, 0) is 11.8 Å². The number of nitrogens with two attached hydrogens (primary N) is 1. The van der Waals surface area contributed by atoms with Crippen molar-refractivity contribution in [1.29, 1.82) is 0 Å². The predicted molar refractivity (Wildman–Crippen MR) is 76.1 cm³/mol. The van der Waals surface area contributed by atoms with Crippen molar-refractivity contribution in [3.63, 3.8) is 0 Å². The van der Waals surface area contributed by atoms with E-state index in [-0.39, 0.29) is 12.2 Å². The highest BCUT2D eigenvalue weighted by atomic mass is 32.1. The van der Waals surface area contributed by atoms with E-state index in [2.05, 4.69) is 23.8 Å². The summed E-state index contributed by atoms with van der Waals surface area (Å²) in [4.78, 5) is 2.66. The van der Waals surface area contributed by atoms with Crippen molar-refractivity contribution in [2.75, 3.05) is 18.0 Å². The topological polar surface area (TPSA) is 56.3 Å². The van der Waals surface area contributed by atoms with Gasteiger partial charge >= 0.3 is 0 Å². The second-order valence-corrected chi connectivity index (χ2v) is 5.37. The Bertz CT molecular complexity index is 461. The Morgan fingerprint density at radius 2 is 1.94 bits per heavy atom. The van der Waals surface area contributed by atoms with Crippen molar-refractivity contribution in [2.45, 2.75) is 33.0 Å². The molecular weight excluding hydrogens is 248 g/mol. The first-order valence-corrected chi connectivity index (χ1v) is 6.54. The van der Waals surface area contributed by atoms with Crippen LogP contribution in [0.15, 0.2) is 0 Å². The summed E-state index contributed by atoms with van der Waals surface area (Å²) in [7, 11) is 1.93. The van der Waals surface area contributed by atoms with Crippen LogP contribution in [0.25, 0.3) is 0 Å². The van der Waals surface area contributed by atoms with Gasteiger partial charge < -0.3 is 15.4 Å². The average Bonchev–Trinajstić information content (AvgIpc) is 2.51. The minimum atomic E-state index is 0.197. The van der Waals surface area contributed by atoms with Crippen LogP contribution in [0.1, 0.15) is 25.1 Å². The number of hydrogen-bond donors (Lipinski definition) is 1. The molecule has 2 N–H and O–H groups in total. The quantitative estimate of drug-likeness (QED) is 0.810. The Morgan fingerprint density at radius 3 is 2.44 bits per heavy atom. The normalized spacial score (nSPS) is 24.3. The third kappa shape index (κ3) is 2.35. The van der Waals surface area contributed by atoms with Gasteiger partial charge in [0.15, 0.2) is 0 Å². The third-order valence-electron chi connectivity index (χ3n) is 3.16. The zero-order valence-electron chi connectivity index (χ0n) is 11.3. The average molecular weight is 268 g/mol. The monoisotopic (exact) mass is 268 g/mol. The largest absolute Gasteiger partial charge is 0.389 e. The van der Waals surface area contributed by atoms with Crippen molar-refractivity contribution in [3.05, 3.63) is 11.3 Å². The van der Waals surface area contributed by atoms with Crippen molar-refractivity contribution in [3.8, 4) is 0 Å². The van der Waals surface area contributed by atoms with E-state index >= 15 is 0 Å². The SMILES string of the molecule is Cc1nn(C)c(N2C[C@@H](C)O[C@@H](C)C2)c1C(N)=S. The highest BCUT2D eigenvalue weighted by Gasteiger charge is 2.28. The number of rotatable bonds is 2. The van der Waals surface area contributed by atoms with E-state index in [0.717, 1.165) is 30.2 Å². The molecule has 1 aromatic heterocycles. The molecule has 0 spiro atoms. The van der Waals surface area contributed by atoms with E-state index in [1.807, 2.05) is 18.7 Å². The number of nitrogens with zero attached hydrogens (tertiary/aromatic N) is 3. The van der Waals surface area contributed by atoms with Gasteiger partial charge in [0.25, 0.3) is 0 Å².